The smallest absolute Gasteiger partial charge is 0.315 e. The van der Waals surface area contributed by atoms with Gasteiger partial charge in [-0.05, 0) is 78.5 Å². The first-order valence-corrected chi connectivity index (χ1v) is 13.2. The summed E-state index contributed by atoms with van der Waals surface area (Å²) in [7, 11) is 0. The van der Waals surface area contributed by atoms with E-state index in [1.807, 2.05) is 4.90 Å². The number of benzene rings is 2. The third-order valence-electron chi connectivity index (χ3n) is 7.78. The lowest BCUT2D eigenvalue weighted by Crippen LogP contribution is -2.45. The average Bonchev–Trinajstić information content (AvgIpc) is 3.38. The first-order valence-electron chi connectivity index (χ1n) is 13.2. The number of ketones is 1. The Bertz CT molecular complexity index is 1030. The maximum absolute atomic E-state index is 13.5. The largest absolute Gasteiger partial charge is 0.325 e. The molecule has 5 heteroatoms. The number of hydrogen-bond donors (Lipinski definition) is 0. The van der Waals surface area contributed by atoms with E-state index >= 15 is 0 Å². The molecule has 0 atom stereocenters. The van der Waals surface area contributed by atoms with Gasteiger partial charge in [0.05, 0.1) is 12.1 Å². The first kappa shape index (κ1) is 25.4. The molecule has 2 fully saturated rings. The molecule has 1 heterocycles. The Balaban J connectivity index is 1.42. The number of halogens is 1. The first-order chi connectivity index (χ1) is 16.7. The minimum absolute atomic E-state index is 0.112. The van der Waals surface area contributed by atoms with Crippen LogP contribution in [0.4, 0.5) is 14.9 Å². The molecule has 1 saturated heterocycles. The van der Waals surface area contributed by atoms with Crippen LogP contribution in [0.2, 0.25) is 0 Å². The van der Waals surface area contributed by atoms with Crippen LogP contribution in [0.3, 0.4) is 0 Å². The summed E-state index contributed by atoms with van der Waals surface area (Å²) in [6.45, 7) is 9.61. The second kappa shape index (κ2) is 10.5. The number of nitrogens with zero attached hydrogens (tertiary/aromatic N) is 2. The van der Waals surface area contributed by atoms with Crippen LogP contribution in [0.15, 0.2) is 42.5 Å². The monoisotopic (exact) mass is 478 g/mol. The van der Waals surface area contributed by atoms with Crippen LogP contribution in [0.25, 0.3) is 0 Å². The Hall–Kier alpha value is -2.69. The third-order valence-corrected chi connectivity index (χ3v) is 7.78. The maximum atomic E-state index is 13.5. The van der Waals surface area contributed by atoms with Crippen molar-refractivity contribution in [1.82, 2.24) is 4.90 Å². The van der Waals surface area contributed by atoms with Crippen LogP contribution in [0.5, 0.6) is 0 Å². The zero-order valence-corrected chi connectivity index (χ0v) is 21.6. The molecule has 0 radical (unpaired) electrons. The fourth-order valence-corrected chi connectivity index (χ4v) is 6.10. The third kappa shape index (κ3) is 5.29. The van der Waals surface area contributed by atoms with Gasteiger partial charge in [0.25, 0.3) is 0 Å². The van der Waals surface area contributed by atoms with Gasteiger partial charge in [-0.2, -0.15) is 0 Å². The number of Topliss-reactive ketones (excluding diaryl/α,β-unsaturated/α-hetero) is 1. The van der Waals surface area contributed by atoms with Gasteiger partial charge in [-0.3, -0.25) is 9.69 Å². The van der Waals surface area contributed by atoms with Crippen LogP contribution < -0.4 is 4.90 Å². The minimum Gasteiger partial charge on any atom is -0.315 e. The average molecular weight is 479 g/mol. The predicted octanol–water partition coefficient (Wildman–Crippen LogP) is 7.22. The van der Waals surface area contributed by atoms with Crippen LogP contribution in [-0.4, -0.2) is 35.3 Å². The predicted molar refractivity (Wildman–Crippen MR) is 140 cm³/mol. The van der Waals surface area contributed by atoms with Crippen molar-refractivity contribution in [3.8, 4) is 0 Å². The molecule has 1 aliphatic carbocycles. The number of urea groups is 1. The Morgan fingerprint density at radius 3 is 2.14 bits per heavy atom. The van der Waals surface area contributed by atoms with Crippen molar-refractivity contribution < 1.29 is 14.0 Å². The second-order valence-corrected chi connectivity index (χ2v) is 11.0. The molecular formula is C30H39FN2O2. The topological polar surface area (TPSA) is 40.6 Å². The molecule has 2 amide bonds. The molecule has 0 bridgehead atoms. The van der Waals surface area contributed by atoms with Crippen molar-refractivity contribution in [3.63, 3.8) is 0 Å². The standard InChI is InChI=1S/C30H39FN2O2/c1-21(2)26-10-8-11-27(22(3)4)28(26)12-7-9-25(34)19-32-20-30(17-5-6-18-30)33(29(32)35)24-15-13-23(31)14-16-24/h8,10-11,13-16,21-22H,5-7,9,12,17-20H2,1-4H3. The summed E-state index contributed by atoms with van der Waals surface area (Å²) in [4.78, 5) is 30.0. The molecule has 4 nitrogen and oxygen atoms in total. The van der Waals surface area contributed by atoms with Crippen molar-refractivity contribution in [1.29, 1.82) is 0 Å². The molecule has 35 heavy (non-hydrogen) atoms. The lowest BCUT2D eigenvalue weighted by atomic mass is 9.86. The van der Waals surface area contributed by atoms with Gasteiger partial charge >= 0.3 is 6.03 Å². The van der Waals surface area contributed by atoms with Gasteiger partial charge in [-0.15, -0.1) is 0 Å². The van der Waals surface area contributed by atoms with Crippen LogP contribution in [0.1, 0.15) is 94.7 Å². The van der Waals surface area contributed by atoms with Crippen molar-refractivity contribution in [3.05, 3.63) is 65.0 Å². The molecule has 1 spiro atoms. The summed E-state index contributed by atoms with van der Waals surface area (Å²) < 4.78 is 13.5. The molecule has 2 aliphatic rings. The number of carbonyl (C=O) groups is 2. The number of hydrogen-bond acceptors (Lipinski definition) is 2. The van der Waals surface area contributed by atoms with E-state index in [1.54, 1.807) is 17.0 Å². The minimum atomic E-state index is -0.312. The molecule has 1 saturated carbocycles. The summed E-state index contributed by atoms with van der Waals surface area (Å²) in [6.07, 6.45) is 6.12. The fraction of sp³-hybridized carbons (Fsp3) is 0.533. The summed E-state index contributed by atoms with van der Waals surface area (Å²) in [5.41, 5.74) is 4.57. The summed E-state index contributed by atoms with van der Waals surface area (Å²) in [6, 6.07) is 12.6. The van der Waals surface area contributed by atoms with Gasteiger partial charge in [0.2, 0.25) is 0 Å². The van der Waals surface area contributed by atoms with E-state index in [1.165, 1.54) is 28.8 Å². The summed E-state index contributed by atoms with van der Waals surface area (Å²) in [5, 5.41) is 0. The van der Waals surface area contributed by atoms with E-state index in [0.717, 1.165) is 44.2 Å². The molecular weight excluding hydrogens is 439 g/mol. The highest BCUT2D eigenvalue weighted by atomic mass is 19.1. The van der Waals surface area contributed by atoms with Gasteiger partial charge in [0.15, 0.2) is 5.78 Å². The van der Waals surface area contributed by atoms with Crippen LogP contribution in [-0.2, 0) is 11.2 Å². The lowest BCUT2D eigenvalue weighted by molar-refractivity contribution is -0.119. The molecule has 0 N–H and O–H groups in total. The van der Waals surface area contributed by atoms with Gasteiger partial charge in [0.1, 0.15) is 5.82 Å². The van der Waals surface area contributed by atoms with Crippen molar-refractivity contribution in [2.45, 2.75) is 90.0 Å². The maximum Gasteiger partial charge on any atom is 0.325 e. The fourth-order valence-electron chi connectivity index (χ4n) is 6.10. The van der Waals surface area contributed by atoms with Gasteiger partial charge < -0.3 is 4.90 Å². The highest BCUT2D eigenvalue weighted by Crippen LogP contribution is 2.43. The molecule has 2 aromatic rings. The van der Waals surface area contributed by atoms with Crippen LogP contribution >= 0.6 is 0 Å². The van der Waals surface area contributed by atoms with Crippen LogP contribution in [0, 0.1) is 5.82 Å². The summed E-state index contributed by atoms with van der Waals surface area (Å²) >= 11 is 0. The van der Waals surface area contributed by atoms with Gasteiger partial charge in [-0.1, -0.05) is 58.7 Å². The Kier molecular flexibility index (Phi) is 7.63. The molecule has 4 rings (SSSR count). The highest BCUT2D eigenvalue weighted by molar-refractivity contribution is 5.98. The second-order valence-electron chi connectivity index (χ2n) is 11.0. The number of rotatable bonds is 9. The number of anilines is 1. The molecule has 188 valence electrons. The van der Waals surface area contributed by atoms with Crippen molar-refractivity contribution in [2.24, 2.45) is 0 Å². The number of amides is 2. The van der Waals surface area contributed by atoms with Gasteiger partial charge in [-0.25, -0.2) is 9.18 Å². The van der Waals surface area contributed by atoms with E-state index in [2.05, 4.69) is 45.9 Å². The molecule has 2 aromatic carbocycles. The normalized spacial score (nSPS) is 17.4. The quantitative estimate of drug-likeness (QED) is 0.382. The van der Waals surface area contributed by atoms with E-state index in [0.29, 0.717) is 24.8 Å². The zero-order valence-electron chi connectivity index (χ0n) is 21.6. The zero-order chi connectivity index (χ0) is 25.2. The highest BCUT2D eigenvalue weighted by Gasteiger charge is 2.51. The van der Waals surface area contributed by atoms with E-state index < -0.39 is 0 Å². The summed E-state index contributed by atoms with van der Waals surface area (Å²) in [5.74, 6) is 0.691. The van der Waals surface area contributed by atoms with Crippen molar-refractivity contribution >= 4 is 17.5 Å². The molecule has 0 aromatic heterocycles. The Morgan fingerprint density at radius 1 is 0.971 bits per heavy atom. The number of carbonyl (C=O) groups excluding carboxylic acids is 2. The SMILES string of the molecule is CC(C)c1cccc(C(C)C)c1CCCC(=O)CN1CC2(CCCC2)N(c2ccc(F)cc2)C1=O. The molecule has 0 unspecified atom stereocenters. The van der Waals surface area contributed by atoms with E-state index in [-0.39, 0.29) is 29.7 Å². The van der Waals surface area contributed by atoms with E-state index in [9.17, 15) is 14.0 Å². The molecule has 1 aliphatic heterocycles. The van der Waals surface area contributed by atoms with Crippen molar-refractivity contribution in [2.75, 3.05) is 18.0 Å². The Morgan fingerprint density at radius 2 is 1.57 bits per heavy atom. The lowest BCUT2D eigenvalue weighted by Gasteiger charge is -2.33. The van der Waals surface area contributed by atoms with E-state index in [4.69, 9.17) is 0 Å². The Labute approximate surface area is 209 Å². The van der Waals surface area contributed by atoms with Gasteiger partial charge in [0, 0.05) is 18.7 Å².